The number of likely N-dealkylation sites (tertiary alicyclic amines) is 1. The number of nitrogens with one attached hydrogen (secondary N) is 1. The van der Waals surface area contributed by atoms with E-state index in [0.29, 0.717) is 11.4 Å². The van der Waals surface area contributed by atoms with E-state index in [9.17, 15) is 4.79 Å². The van der Waals surface area contributed by atoms with E-state index in [1.54, 1.807) is 11.9 Å². The number of aromatic amines is 1. The van der Waals surface area contributed by atoms with Gasteiger partial charge in [0.15, 0.2) is 0 Å². The van der Waals surface area contributed by atoms with Crippen LogP contribution in [-0.4, -0.2) is 59.1 Å². The van der Waals surface area contributed by atoms with Gasteiger partial charge in [-0.15, -0.1) is 0 Å². The Balaban J connectivity index is 1.85. The third-order valence-corrected chi connectivity index (χ3v) is 3.20. The van der Waals surface area contributed by atoms with Gasteiger partial charge in [0.25, 0.3) is 5.91 Å². The largest absolute Gasteiger partial charge is 0.383 e. The van der Waals surface area contributed by atoms with E-state index < -0.39 is 0 Å². The fraction of sp³-hybridized carbons (Fsp3) is 0.636. The van der Waals surface area contributed by atoms with Crippen molar-refractivity contribution in [2.45, 2.75) is 12.8 Å². The van der Waals surface area contributed by atoms with Crippen molar-refractivity contribution in [2.24, 2.45) is 0 Å². The summed E-state index contributed by atoms with van der Waals surface area (Å²) in [5.74, 6) is 0.262. The summed E-state index contributed by atoms with van der Waals surface area (Å²) in [6.45, 7) is 3.95. The van der Waals surface area contributed by atoms with E-state index >= 15 is 0 Å². The average Bonchev–Trinajstić information content (AvgIpc) is 2.95. The molecule has 0 aliphatic carbocycles. The maximum absolute atomic E-state index is 12.0. The summed E-state index contributed by atoms with van der Waals surface area (Å²) in [7, 11) is 1.80. The molecule has 1 amide bonds. The van der Waals surface area contributed by atoms with Gasteiger partial charge in [-0.3, -0.25) is 9.89 Å². The number of aromatic nitrogens is 2. The molecule has 17 heavy (non-hydrogen) atoms. The van der Waals surface area contributed by atoms with Crippen LogP contribution < -0.4 is 5.73 Å². The first kappa shape index (κ1) is 11.9. The highest BCUT2D eigenvalue weighted by atomic mass is 16.2. The number of nitrogens with zero attached hydrogens (tertiary/aromatic N) is 3. The van der Waals surface area contributed by atoms with Crippen LogP contribution in [0.1, 0.15) is 23.2 Å². The topological polar surface area (TPSA) is 78.2 Å². The number of hydrogen-bond donors (Lipinski definition) is 2. The molecule has 0 spiro atoms. The summed E-state index contributed by atoms with van der Waals surface area (Å²) in [6.07, 6.45) is 4.02. The van der Waals surface area contributed by atoms with Crippen molar-refractivity contribution in [1.82, 2.24) is 20.0 Å². The van der Waals surface area contributed by atoms with Gasteiger partial charge in [0, 0.05) is 20.1 Å². The van der Waals surface area contributed by atoms with E-state index in [1.165, 1.54) is 19.0 Å². The molecule has 1 aliphatic rings. The van der Waals surface area contributed by atoms with Gasteiger partial charge < -0.3 is 15.5 Å². The highest BCUT2D eigenvalue weighted by molar-refractivity contribution is 5.97. The number of likely N-dealkylation sites (N-methyl/N-ethyl adjacent to an activating group) is 1. The minimum absolute atomic E-state index is 0.0737. The van der Waals surface area contributed by atoms with Crippen molar-refractivity contribution in [1.29, 1.82) is 0 Å². The van der Waals surface area contributed by atoms with Crippen molar-refractivity contribution < 1.29 is 4.79 Å². The summed E-state index contributed by atoms with van der Waals surface area (Å²) >= 11 is 0. The van der Waals surface area contributed by atoms with Crippen LogP contribution in [0.2, 0.25) is 0 Å². The molecule has 1 aromatic heterocycles. The number of nitrogen functional groups attached to an aromatic ring is 1. The van der Waals surface area contributed by atoms with Gasteiger partial charge >= 0.3 is 0 Å². The van der Waals surface area contributed by atoms with Gasteiger partial charge in [0.2, 0.25) is 0 Å². The van der Waals surface area contributed by atoms with Crippen LogP contribution in [0.25, 0.3) is 0 Å². The summed E-state index contributed by atoms with van der Waals surface area (Å²) < 4.78 is 0. The standard InChI is InChI=1S/C11H19N5O/c1-15(6-7-16-4-2-3-5-16)11(17)9-8-13-14-10(9)12/h8H,2-7H2,1H3,(H3,12,13,14). The molecule has 0 saturated carbocycles. The predicted molar refractivity (Wildman–Crippen MR) is 65.6 cm³/mol. The zero-order valence-corrected chi connectivity index (χ0v) is 10.1. The molecule has 1 fully saturated rings. The van der Waals surface area contributed by atoms with Crippen molar-refractivity contribution in [3.63, 3.8) is 0 Å². The van der Waals surface area contributed by atoms with Crippen molar-refractivity contribution in [3.8, 4) is 0 Å². The lowest BCUT2D eigenvalue weighted by Crippen LogP contribution is -2.35. The van der Waals surface area contributed by atoms with Crippen molar-refractivity contribution >= 4 is 11.7 Å². The smallest absolute Gasteiger partial charge is 0.259 e. The van der Waals surface area contributed by atoms with Crippen LogP contribution in [0.3, 0.4) is 0 Å². The molecule has 2 heterocycles. The first-order chi connectivity index (χ1) is 8.18. The molecule has 6 nitrogen and oxygen atoms in total. The highest BCUT2D eigenvalue weighted by Crippen LogP contribution is 2.10. The molecule has 3 N–H and O–H groups in total. The Hall–Kier alpha value is -1.56. The van der Waals surface area contributed by atoms with Crippen LogP contribution in [0.15, 0.2) is 6.20 Å². The molecule has 2 rings (SSSR count). The first-order valence-corrected chi connectivity index (χ1v) is 5.95. The molecular weight excluding hydrogens is 218 g/mol. The first-order valence-electron chi connectivity index (χ1n) is 5.95. The van der Waals surface area contributed by atoms with Crippen LogP contribution in [0, 0.1) is 0 Å². The van der Waals surface area contributed by atoms with Crippen molar-refractivity contribution in [3.05, 3.63) is 11.8 Å². The monoisotopic (exact) mass is 237 g/mol. The molecular formula is C11H19N5O. The third-order valence-electron chi connectivity index (χ3n) is 3.20. The molecule has 6 heteroatoms. The zero-order valence-electron chi connectivity index (χ0n) is 10.1. The fourth-order valence-corrected chi connectivity index (χ4v) is 2.07. The maximum atomic E-state index is 12.0. The van der Waals surface area contributed by atoms with Crippen LogP contribution in [0.5, 0.6) is 0 Å². The quantitative estimate of drug-likeness (QED) is 0.782. The van der Waals surface area contributed by atoms with Crippen LogP contribution >= 0.6 is 0 Å². The van der Waals surface area contributed by atoms with Gasteiger partial charge in [-0.05, 0) is 25.9 Å². The minimum Gasteiger partial charge on any atom is -0.383 e. The molecule has 0 radical (unpaired) electrons. The second kappa shape index (κ2) is 5.18. The lowest BCUT2D eigenvalue weighted by molar-refractivity contribution is 0.0783. The number of hydrogen-bond acceptors (Lipinski definition) is 4. The van der Waals surface area contributed by atoms with Gasteiger partial charge in [0.1, 0.15) is 11.4 Å². The molecule has 0 aromatic carbocycles. The molecule has 0 bridgehead atoms. The fourth-order valence-electron chi connectivity index (χ4n) is 2.07. The molecule has 94 valence electrons. The third kappa shape index (κ3) is 2.76. The van der Waals surface area contributed by atoms with E-state index in [4.69, 9.17) is 5.73 Å². The Bertz CT molecular complexity index is 383. The zero-order chi connectivity index (χ0) is 12.3. The van der Waals surface area contributed by atoms with Crippen LogP contribution in [0.4, 0.5) is 5.82 Å². The van der Waals surface area contributed by atoms with Crippen molar-refractivity contribution in [2.75, 3.05) is 39.0 Å². The Morgan fingerprint density at radius 3 is 2.88 bits per heavy atom. The Morgan fingerprint density at radius 2 is 2.29 bits per heavy atom. The van der Waals surface area contributed by atoms with Crippen LogP contribution in [-0.2, 0) is 0 Å². The second-order valence-electron chi connectivity index (χ2n) is 4.47. The van der Waals surface area contributed by atoms with E-state index in [0.717, 1.165) is 26.2 Å². The Morgan fingerprint density at radius 1 is 1.59 bits per heavy atom. The van der Waals surface area contributed by atoms with Gasteiger partial charge in [-0.2, -0.15) is 5.10 Å². The Kier molecular flexibility index (Phi) is 3.63. The number of anilines is 1. The molecule has 1 aliphatic heterocycles. The average molecular weight is 237 g/mol. The van der Waals surface area contributed by atoms with E-state index in [1.807, 2.05) is 0 Å². The van der Waals surface area contributed by atoms with Gasteiger partial charge in [-0.1, -0.05) is 0 Å². The summed E-state index contributed by atoms with van der Waals surface area (Å²) in [5.41, 5.74) is 6.07. The van der Waals surface area contributed by atoms with E-state index in [-0.39, 0.29) is 5.91 Å². The minimum atomic E-state index is -0.0737. The molecule has 1 aromatic rings. The number of H-pyrrole nitrogens is 1. The second-order valence-corrected chi connectivity index (χ2v) is 4.47. The lowest BCUT2D eigenvalue weighted by atomic mass is 10.3. The lowest BCUT2D eigenvalue weighted by Gasteiger charge is -2.21. The Labute approximate surface area is 101 Å². The maximum Gasteiger partial charge on any atom is 0.259 e. The predicted octanol–water partition coefficient (Wildman–Crippen LogP) is 0.160. The van der Waals surface area contributed by atoms with E-state index in [2.05, 4.69) is 15.1 Å². The molecule has 0 unspecified atom stereocenters. The number of nitrogens with two attached hydrogens (primary N) is 1. The molecule has 1 saturated heterocycles. The SMILES string of the molecule is CN(CCN1CCCC1)C(=O)c1cn[nH]c1N. The molecule has 0 atom stereocenters. The van der Waals surface area contributed by atoms with Gasteiger partial charge in [-0.25, -0.2) is 0 Å². The number of amides is 1. The summed E-state index contributed by atoms with van der Waals surface area (Å²) in [6, 6.07) is 0. The normalized spacial score (nSPS) is 16.3. The summed E-state index contributed by atoms with van der Waals surface area (Å²) in [5, 5.41) is 6.33. The highest BCUT2D eigenvalue weighted by Gasteiger charge is 2.18. The number of carbonyl (C=O) groups is 1. The van der Waals surface area contributed by atoms with Gasteiger partial charge in [0.05, 0.1) is 6.20 Å². The number of carbonyl (C=O) groups excluding carboxylic acids is 1. The number of rotatable bonds is 4. The summed E-state index contributed by atoms with van der Waals surface area (Å²) in [4.78, 5) is 16.1.